The molecule has 32 heavy (non-hydrogen) atoms. The summed E-state index contributed by atoms with van der Waals surface area (Å²) in [6, 6.07) is 13.7. The highest BCUT2D eigenvalue weighted by Crippen LogP contribution is 2.29. The third kappa shape index (κ3) is 5.20. The van der Waals surface area contributed by atoms with Gasteiger partial charge in [-0.3, -0.25) is 0 Å². The highest BCUT2D eigenvalue weighted by molar-refractivity contribution is 5.79. The Bertz CT molecular complexity index is 1150. The first-order valence-electron chi connectivity index (χ1n) is 10.2. The maximum atomic E-state index is 14.1. The van der Waals surface area contributed by atoms with Gasteiger partial charge in [-0.25, -0.2) is 14.9 Å². The summed E-state index contributed by atoms with van der Waals surface area (Å²) in [5.74, 6) is 0.597. The monoisotopic (exact) mass is 440 g/mol. The minimum atomic E-state index is -0.672. The van der Waals surface area contributed by atoms with E-state index in [1.165, 1.54) is 18.3 Å². The van der Waals surface area contributed by atoms with Gasteiger partial charge in [0.1, 0.15) is 30.0 Å². The number of fused-ring (bicyclic) bond motifs is 1. The van der Waals surface area contributed by atoms with Crippen molar-refractivity contribution in [3.8, 4) is 17.4 Å². The Kier molecular flexibility index (Phi) is 6.05. The smallest absolute Gasteiger partial charge is 0.213 e. The van der Waals surface area contributed by atoms with Crippen LogP contribution < -0.4 is 19.8 Å². The Balaban J connectivity index is 1.43. The fraction of sp³-hybridized carbons (Fsp3) is 0.292. The predicted octanol–water partition coefficient (Wildman–Crippen LogP) is 5.03. The van der Waals surface area contributed by atoms with E-state index < -0.39 is 11.6 Å². The summed E-state index contributed by atoms with van der Waals surface area (Å²) in [7, 11) is 1.58. The molecule has 1 saturated heterocycles. The maximum absolute atomic E-state index is 14.1. The highest BCUT2D eigenvalue weighted by Gasteiger charge is 2.28. The Hall–Kier alpha value is -3.52. The fourth-order valence-corrected chi connectivity index (χ4v) is 3.28. The Morgan fingerprint density at radius 1 is 1.12 bits per heavy atom. The van der Waals surface area contributed by atoms with Crippen molar-refractivity contribution in [1.29, 1.82) is 0 Å². The van der Waals surface area contributed by atoms with Crippen LogP contribution in [0.1, 0.15) is 32.4 Å². The molecule has 0 amide bonds. The molecular weight excluding hydrogens is 415 g/mol. The molecule has 3 aromatic rings. The molecular formula is C24H25FN2O5. The van der Waals surface area contributed by atoms with Crippen molar-refractivity contribution in [3.63, 3.8) is 0 Å². The molecule has 4 rings (SSSR count). The zero-order chi connectivity index (χ0) is 22.7. The van der Waals surface area contributed by atoms with Gasteiger partial charge in [-0.1, -0.05) is 6.07 Å². The second-order valence-corrected chi connectivity index (χ2v) is 7.81. The predicted molar refractivity (Wildman–Crippen MR) is 117 cm³/mol. The van der Waals surface area contributed by atoms with E-state index in [1.54, 1.807) is 19.2 Å². The van der Waals surface area contributed by atoms with Crippen LogP contribution in [-0.2, 0) is 9.47 Å². The van der Waals surface area contributed by atoms with Crippen LogP contribution in [0.5, 0.6) is 17.4 Å². The summed E-state index contributed by atoms with van der Waals surface area (Å²) in [5, 5.41) is 0.959. The van der Waals surface area contributed by atoms with Crippen molar-refractivity contribution >= 4 is 10.9 Å². The minimum absolute atomic E-state index is 0.261. The number of hydrogen-bond donors (Lipinski definition) is 1. The van der Waals surface area contributed by atoms with Gasteiger partial charge in [-0.15, -0.1) is 0 Å². The molecule has 0 radical (unpaired) electrons. The number of halogens is 1. The molecule has 0 spiro atoms. The zero-order valence-corrected chi connectivity index (χ0v) is 18.3. The molecule has 1 aromatic heterocycles. The quantitative estimate of drug-likeness (QED) is 0.517. The van der Waals surface area contributed by atoms with Crippen LogP contribution >= 0.6 is 0 Å². The van der Waals surface area contributed by atoms with E-state index in [0.717, 1.165) is 16.5 Å². The molecule has 1 fully saturated rings. The number of aromatic nitrogens is 1. The lowest BCUT2D eigenvalue weighted by atomic mass is 10.1. The number of nitrogens with zero attached hydrogens (tertiary/aromatic N) is 1. The van der Waals surface area contributed by atoms with Gasteiger partial charge in [-0.2, -0.15) is 0 Å². The molecule has 7 nitrogen and oxygen atoms in total. The maximum Gasteiger partial charge on any atom is 0.213 e. The van der Waals surface area contributed by atoms with Crippen LogP contribution in [0.2, 0.25) is 0 Å². The first kappa shape index (κ1) is 21.7. The summed E-state index contributed by atoms with van der Waals surface area (Å²) in [5.41, 5.74) is 4.40. The zero-order valence-electron chi connectivity index (χ0n) is 18.3. The molecule has 8 heteroatoms. The second-order valence-electron chi connectivity index (χ2n) is 7.81. The number of benzene rings is 2. The van der Waals surface area contributed by atoms with Gasteiger partial charge in [0, 0.05) is 43.5 Å². The van der Waals surface area contributed by atoms with E-state index in [0.29, 0.717) is 24.0 Å². The lowest BCUT2D eigenvalue weighted by Gasteiger charge is -2.17. The minimum Gasteiger partial charge on any atom is -0.486 e. The normalized spacial score (nSPS) is 17.1. The van der Waals surface area contributed by atoms with Crippen LogP contribution in [0.15, 0.2) is 60.5 Å². The van der Waals surface area contributed by atoms with E-state index in [1.807, 2.05) is 45.0 Å². The number of pyridine rings is 1. The van der Waals surface area contributed by atoms with E-state index in [2.05, 4.69) is 10.5 Å². The molecule has 0 saturated carbocycles. The third-order valence-electron chi connectivity index (χ3n) is 4.86. The van der Waals surface area contributed by atoms with Crippen molar-refractivity contribution in [3.05, 3.63) is 71.9 Å². The summed E-state index contributed by atoms with van der Waals surface area (Å²) >= 11 is 0. The summed E-state index contributed by atoms with van der Waals surface area (Å²) in [4.78, 5) is 9.83. The van der Waals surface area contributed by atoms with Gasteiger partial charge in [0.05, 0.1) is 18.8 Å². The van der Waals surface area contributed by atoms with Crippen molar-refractivity contribution in [2.75, 3.05) is 13.7 Å². The van der Waals surface area contributed by atoms with Gasteiger partial charge < -0.3 is 23.8 Å². The molecule has 168 valence electrons. The number of methoxy groups -OCH3 is 1. The van der Waals surface area contributed by atoms with Gasteiger partial charge in [-0.05, 0) is 30.7 Å². The molecule has 1 aliphatic rings. The second kappa shape index (κ2) is 8.92. The molecule has 1 N–H and O–H groups in total. The van der Waals surface area contributed by atoms with Crippen LogP contribution in [-0.4, -0.2) is 24.5 Å². The number of hydrogen-bond acceptors (Lipinski definition) is 7. The molecule has 0 aliphatic carbocycles. The number of ether oxygens (including phenoxy) is 4. The molecule has 1 aliphatic heterocycles. The summed E-state index contributed by atoms with van der Waals surface area (Å²) in [6.45, 7) is 5.85. The lowest BCUT2D eigenvalue weighted by molar-refractivity contribution is -0.116. The van der Waals surface area contributed by atoms with E-state index in [9.17, 15) is 4.39 Å². The van der Waals surface area contributed by atoms with Crippen LogP contribution in [0, 0.1) is 5.82 Å². The first-order chi connectivity index (χ1) is 15.3. The van der Waals surface area contributed by atoms with Gasteiger partial charge >= 0.3 is 0 Å². The van der Waals surface area contributed by atoms with Gasteiger partial charge in [0.2, 0.25) is 11.7 Å². The van der Waals surface area contributed by atoms with Crippen LogP contribution in [0.4, 0.5) is 4.39 Å². The van der Waals surface area contributed by atoms with Crippen LogP contribution in [0.25, 0.3) is 10.9 Å². The average Bonchev–Trinajstić information content (AvgIpc) is 3.11. The molecule has 1 atom stereocenters. The summed E-state index contributed by atoms with van der Waals surface area (Å²) in [6.07, 6.45) is 1.21. The molecule has 2 heterocycles. The largest absolute Gasteiger partial charge is 0.486 e. The lowest BCUT2D eigenvalue weighted by Crippen LogP contribution is -2.19. The Labute approximate surface area is 185 Å². The fourth-order valence-electron chi connectivity index (χ4n) is 3.28. The molecule has 2 aromatic carbocycles. The highest BCUT2D eigenvalue weighted by atomic mass is 19.1. The Morgan fingerprint density at radius 2 is 1.94 bits per heavy atom. The van der Waals surface area contributed by atoms with Crippen molar-refractivity contribution in [1.82, 2.24) is 10.5 Å². The number of nitrogens with one attached hydrogen (secondary N) is 1. The third-order valence-corrected chi connectivity index (χ3v) is 4.86. The molecule has 1 unspecified atom stereocenters. The number of hydroxylamine groups is 1. The van der Waals surface area contributed by atoms with Crippen molar-refractivity contribution in [2.45, 2.75) is 32.7 Å². The number of rotatable bonds is 7. The van der Waals surface area contributed by atoms with Crippen molar-refractivity contribution in [2.24, 2.45) is 0 Å². The van der Waals surface area contributed by atoms with E-state index >= 15 is 0 Å². The summed E-state index contributed by atoms with van der Waals surface area (Å²) < 4.78 is 36.3. The topological polar surface area (TPSA) is 71.1 Å². The Morgan fingerprint density at radius 3 is 2.69 bits per heavy atom. The molecule has 0 bridgehead atoms. The van der Waals surface area contributed by atoms with E-state index in [-0.39, 0.29) is 11.9 Å². The van der Waals surface area contributed by atoms with E-state index in [4.69, 9.17) is 23.8 Å². The standard InChI is InChI=1S/C24H25FN2O5/c1-15(16-5-7-22-17(9-16)6-8-23(27-22)28-4)30-19-10-18(25)11-20(12-19)32-26-13-21-14-29-24(2,3)31-21/h5-13,15,26H,14H2,1-4H3. The van der Waals surface area contributed by atoms with Crippen molar-refractivity contribution < 1.29 is 28.2 Å². The SMILES string of the molecule is COc1ccc2cc(C(C)Oc3cc(F)cc(ONC=C4COC(C)(C)O4)c3)ccc2n1. The first-order valence-corrected chi connectivity index (χ1v) is 10.2. The average molecular weight is 440 g/mol. The van der Waals surface area contributed by atoms with Gasteiger partial charge in [0.25, 0.3) is 0 Å². The van der Waals surface area contributed by atoms with Crippen LogP contribution in [0.3, 0.4) is 0 Å². The van der Waals surface area contributed by atoms with Gasteiger partial charge in [0.15, 0.2) is 5.75 Å².